The fourth-order valence-electron chi connectivity index (χ4n) is 11.5. The Hall–Kier alpha value is -1.94. The number of aliphatic hydroxyl groups is 1. The molecule has 0 radical (unpaired) electrons. The number of hydrogen-bond acceptors (Lipinski definition) is 15. The van der Waals surface area contributed by atoms with Crippen LogP contribution in [-0.2, 0) is 65.4 Å². The van der Waals surface area contributed by atoms with Gasteiger partial charge in [-0.25, -0.2) is 9.13 Å². The number of ether oxygens (including phenoxy) is 4. The van der Waals surface area contributed by atoms with Crippen molar-refractivity contribution in [1.82, 2.24) is 0 Å². The van der Waals surface area contributed by atoms with Crippen molar-refractivity contribution < 1.29 is 80.2 Å². The zero-order chi connectivity index (χ0) is 70.1. The second kappa shape index (κ2) is 66.6. The lowest BCUT2D eigenvalue weighted by Crippen LogP contribution is -2.30. The minimum Gasteiger partial charge on any atom is -0.462 e. The second-order valence-electron chi connectivity index (χ2n) is 28.4. The first-order valence-electron chi connectivity index (χ1n) is 39.4. The Bertz CT molecular complexity index is 1860. The molecule has 0 fully saturated rings. The Morgan fingerprint density at radius 3 is 0.800 bits per heavy atom. The van der Waals surface area contributed by atoms with Crippen molar-refractivity contribution in [3.8, 4) is 0 Å². The molecule has 0 amide bonds. The number of carbonyl (C=O) groups excluding carboxylic acids is 4. The molecule has 0 heterocycles. The fourth-order valence-corrected chi connectivity index (χ4v) is 13.1. The van der Waals surface area contributed by atoms with Crippen molar-refractivity contribution in [2.24, 2.45) is 17.8 Å². The lowest BCUT2D eigenvalue weighted by atomic mass is 9.99. The zero-order valence-electron chi connectivity index (χ0n) is 62.1. The summed E-state index contributed by atoms with van der Waals surface area (Å²) in [7, 11) is -9.91. The average molecular weight is 1400 g/mol. The summed E-state index contributed by atoms with van der Waals surface area (Å²) in [6, 6.07) is 0. The monoisotopic (exact) mass is 1400 g/mol. The van der Waals surface area contributed by atoms with Crippen molar-refractivity contribution in [2.75, 3.05) is 39.6 Å². The number of unbranched alkanes of at least 4 members (excludes halogenated alkanes) is 40. The molecule has 564 valence electrons. The van der Waals surface area contributed by atoms with Gasteiger partial charge in [-0.05, 0) is 43.4 Å². The van der Waals surface area contributed by atoms with E-state index in [0.717, 1.165) is 114 Å². The van der Waals surface area contributed by atoms with E-state index < -0.39 is 97.5 Å². The lowest BCUT2D eigenvalue weighted by molar-refractivity contribution is -0.161. The van der Waals surface area contributed by atoms with Crippen LogP contribution in [0.25, 0.3) is 0 Å². The molecule has 0 aromatic rings. The molecule has 17 nitrogen and oxygen atoms in total. The van der Waals surface area contributed by atoms with Crippen LogP contribution in [0.1, 0.15) is 389 Å². The topological polar surface area (TPSA) is 237 Å². The molecule has 95 heavy (non-hydrogen) atoms. The first kappa shape index (κ1) is 93.1. The molecule has 0 aliphatic heterocycles. The van der Waals surface area contributed by atoms with Gasteiger partial charge in [0.05, 0.1) is 26.4 Å². The summed E-state index contributed by atoms with van der Waals surface area (Å²) in [6.45, 7) is 11.9. The third-order valence-corrected chi connectivity index (χ3v) is 20.3. The van der Waals surface area contributed by atoms with Crippen molar-refractivity contribution in [2.45, 2.75) is 407 Å². The SMILES string of the molecule is CCCCCCCCCCCCCCCCCCCCCC(=O)O[C@H](COC(=O)CCCCCCCCCCCCCC(C)C)COP(=O)(O)OC[C@@H](O)COP(=O)(O)OC[C@@H](COC(=O)CCCCCCCCC(C)CC)OC(=O)CCCCCCCCCCC(C)CC. The summed E-state index contributed by atoms with van der Waals surface area (Å²) in [6.07, 6.45) is 52.8. The highest BCUT2D eigenvalue weighted by molar-refractivity contribution is 7.47. The normalized spacial score (nSPS) is 14.6. The van der Waals surface area contributed by atoms with Crippen molar-refractivity contribution in [1.29, 1.82) is 0 Å². The zero-order valence-corrected chi connectivity index (χ0v) is 63.9. The number of esters is 4. The Kier molecular flexibility index (Phi) is 65.2. The predicted molar refractivity (Wildman–Crippen MR) is 386 cm³/mol. The first-order valence-corrected chi connectivity index (χ1v) is 42.4. The molecule has 0 saturated carbocycles. The molecular formula is C76H148O17P2. The van der Waals surface area contributed by atoms with Gasteiger partial charge in [0.1, 0.15) is 19.3 Å². The van der Waals surface area contributed by atoms with E-state index in [9.17, 15) is 43.2 Å². The van der Waals surface area contributed by atoms with E-state index in [4.69, 9.17) is 37.0 Å². The number of phosphoric acid groups is 2. The van der Waals surface area contributed by atoms with Crippen LogP contribution in [0.4, 0.5) is 0 Å². The minimum absolute atomic E-state index is 0.104. The van der Waals surface area contributed by atoms with Gasteiger partial charge in [0, 0.05) is 25.7 Å². The molecule has 3 N–H and O–H groups in total. The first-order chi connectivity index (χ1) is 45.8. The summed E-state index contributed by atoms with van der Waals surface area (Å²) >= 11 is 0. The molecule has 0 aliphatic carbocycles. The predicted octanol–water partition coefficient (Wildman–Crippen LogP) is 22.2. The largest absolute Gasteiger partial charge is 0.472 e. The molecule has 0 spiro atoms. The van der Waals surface area contributed by atoms with E-state index in [-0.39, 0.29) is 25.7 Å². The molecule has 0 aromatic carbocycles. The maximum Gasteiger partial charge on any atom is 0.472 e. The van der Waals surface area contributed by atoms with E-state index in [0.29, 0.717) is 25.7 Å². The summed E-state index contributed by atoms with van der Waals surface area (Å²) in [5.74, 6) is 0.151. The minimum atomic E-state index is -4.96. The molecule has 0 aliphatic rings. The van der Waals surface area contributed by atoms with Gasteiger partial charge in [-0.2, -0.15) is 0 Å². The third-order valence-electron chi connectivity index (χ3n) is 18.4. The molecule has 7 atom stereocenters. The van der Waals surface area contributed by atoms with Crippen molar-refractivity contribution >= 4 is 39.5 Å². The van der Waals surface area contributed by atoms with Crippen LogP contribution in [0.5, 0.6) is 0 Å². The molecular weight excluding hydrogens is 1250 g/mol. The fraction of sp³-hybridized carbons (Fsp3) is 0.947. The molecule has 0 rings (SSSR count). The Morgan fingerprint density at radius 1 is 0.305 bits per heavy atom. The standard InChI is InChI=1S/C76H148O17P2/c1-8-11-12-13-14-15-16-17-18-19-20-21-22-23-26-30-36-45-52-59-75(80)92-71(63-86-73(78)57-50-43-35-29-27-24-25-28-33-40-47-54-67(4)5)65-90-94(82,83)88-61-70(77)62-89-95(84,85)91-66-72(64-87-74(79)58-51-44-39-38-42-49-56-69(7)10-3)93-76(81)60-53-46-37-32-31-34-41-48-55-68(6)9-2/h67-72,77H,8-66H2,1-7H3,(H,82,83)(H,84,85)/t68?,69?,70-,71-,72-/m1/s1. The van der Waals surface area contributed by atoms with E-state index >= 15 is 0 Å². The summed E-state index contributed by atoms with van der Waals surface area (Å²) < 4.78 is 68.5. The van der Waals surface area contributed by atoms with Crippen LogP contribution in [0.2, 0.25) is 0 Å². The highest BCUT2D eigenvalue weighted by Gasteiger charge is 2.30. The lowest BCUT2D eigenvalue weighted by Gasteiger charge is -2.21. The quantitative estimate of drug-likeness (QED) is 0.0222. The molecule has 0 aromatic heterocycles. The number of carbonyl (C=O) groups is 4. The van der Waals surface area contributed by atoms with Gasteiger partial charge < -0.3 is 33.8 Å². The maximum atomic E-state index is 13.1. The maximum absolute atomic E-state index is 13.1. The molecule has 19 heteroatoms. The van der Waals surface area contributed by atoms with Crippen LogP contribution in [0.15, 0.2) is 0 Å². The van der Waals surface area contributed by atoms with Crippen LogP contribution >= 0.6 is 15.6 Å². The Morgan fingerprint density at radius 2 is 0.537 bits per heavy atom. The van der Waals surface area contributed by atoms with E-state index in [2.05, 4.69) is 48.5 Å². The summed E-state index contributed by atoms with van der Waals surface area (Å²) in [5, 5.41) is 10.6. The number of phosphoric ester groups is 2. The number of aliphatic hydroxyl groups excluding tert-OH is 1. The van der Waals surface area contributed by atoms with Crippen LogP contribution in [0.3, 0.4) is 0 Å². The molecule has 4 unspecified atom stereocenters. The highest BCUT2D eigenvalue weighted by Crippen LogP contribution is 2.45. The second-order valence-corrected chi connectivity index (χ2v) is 31.3. The van der Waals surface area contributed by atoms with Gasteiger partial charge in [-0.1, -0.05) is 337 Å². The van der Waals surface area contributed by atoms with Gasteiger partial charge >= 0.3 is 39.5 Å². The van der Waals surface area contributed by atoms with Gasteiger partial charge in [-0.3, -0.25) is 37.3 Å². The molecule has 0 saturated heterocycles. The third kappa shape index (κ3) is 67.6. The van der Waals surface area contributed by atoms with Crippen molar-refractivity contribution in [3.05, 3.63) is 0 Å². The van der Waals surface area contributed by atoms with E-state index in [1.54, 1.807) is 0 Å². The van der Waals surface area contributed by atoms with Gasteiger partial charge in [0.2, 0.25) is 0 Å². The Labute approximate surface area is 581 Å². The van der Waals surface area contributed by atoms with Gasteiger partial charge in [0.15, 0.2) is 12.2 Å². The van der Waals surface area contributed by atoms with Gasteiger partial charge in [0.25, 0.3) is 0 Å². The van der Waals surface area contributed by atoms with Gasteiger partial charge in [-0.15, -0.1) is 0 Å². The van der Waals surface area contributed by atoms with Crippen LogP contribution in [0, 0.1) is 17.8 Å². The number of rotatable bonds is 74. The summed E-state index contributed by atoms with van der Waals surface area (Å²) in [5.41, 5.74) is 0. The highest BCUT2D eigenvalue weighted by atomic mass is 31.2. The average Bonchev–Trinajstić information content (AvgIpc) is 1.47. The Balaban J connectivity index is 5.24. The number of hydrogen-bond donors (Lipinski definition) is 3. The van der Waals surface area contributed by atoms with Crippen molar-refractivity contribution in [3.63, 3.8) is 0 Å². The van der Waals surface area contributed by atoms with Crippen LogP contribution < -0.4 is 0 Å². The van der Waals surface area contributed by atoms with E-state index in [1.807, 2.05) is 0 Å². The molecule has 0 bridgehead atoms. The summed E-state index contributed by atoms with van der Waals surface area (Å²) in [4.78, 5) is 72.8. The smallest absolute Gasteiger partial charge is 0.462 e. The van der Waals surface area contributed by atoms with E-state index in [1.165, 1.54) is 193 Å². The van der Waals surface area contributed by atoms with Crippen LogP contribution in [-0.4, -0.2) is 96.7 Å².